The number of hydrogen-bond donors (Lipinski definition) is 2. The van der Waals surface area contributed by atoms with Gasteiger partial charge in [-0.05, 0) is 13.3 Å². The Bertz CT molecular complexity index is 194. The molecule has 1 unspecified atom stereocenters. The molecule has 0 radical (unpaired) electrons. The maximum absolute atomic E-state index is 11.5. The quantitative estimate of drug-likeness (QED) is 0.600. The topological polar surface area (TPSA) is 59.6 Å². The predicted molar refractivity (Wildman–Crippen MR) is 61.3 cm³/mol. The van der Waals surface area contributed by atoms with Crippen molar-refractivity contribution < 1.29 is 14.3 Å². The van der Waals surface area contributed by atoms with Gasteiger partial charge in [0, 0.05) is 38.8 Å². The van der Waals surface area contributed by atoms with Gasteiger partial charge in [-0.3, -0.25) is 4.79 Å². The Labute approximate surface area is 96.9 Å². The van der Waals surface area contributed by atoms with E-state index in [1.54, 1.807) is 0 Å². The van der Waals surface area contributed by atoms with Crippen molar-refractivity contribution >= 4 is 5.91 Å². The Hall–Kier alpha value is -0.650. The average Bonchev–Trinajstić information content (AvgIpc) is 2.30. The Kier molecular flexibility index (Phi) is 7.12. The van der Waals surface area contributed by atoms with Crippen LogP contribution < -0.4 is 10.6 Å². The molecule has 1 heterocycles. The smallest absolute Gasteiger partial charge is 0.221 e. The molecule has 0 saturated carbocycles. The zero-order valence-electron chi connectivity index (χ0n) is 9.96. The summed E-state index contributed by atoms with van der Waals surface area (Å²) in [5.41, 5.74) is 0. The molecule has 0 aromatic rings. The Balaban J connectivity index is 1.97. The second-order valence-electron chi connectivity index (χ2n) is 3.83. The van der Waals surface area contributed by atoms with E-state index in [1.165, 1.54) is 0 Å². The number of ether oxygens (including phenoxy) is 2. The van der Waals surface area contributed by atoms with E-state index in [2.05, 4.69) is 10.6 Å². The van der Waals surface area contributed by atoms with Gasteiger partial charge in [0.1, 0.15) is 0 Å². The van der Waals surface area contributed by atoms with Crippen LogP contribution in [0.5, 0.6) is 0 Å². The predicted octanol–water partition coefficient (Wildman–Crippen LogP) is -0.0923. The summed E-state index contributed by atoms with van der Waals surface area (Å²) in [6.45, 7) is 6.31. The number of nitrogens with one attached hydrogen (secondary N) is 2. The van der Waals surface area contributed by atoms with Crippen LogP contribution in [0.25, 0.3) is 0 Å². The van der Waals surface area contributed by atoms with E-state index in [4.69, 9.17) is 9.47 Å². The highest BCUT2D eigenvalue weighted by Gasteiger charge is 2.16. The van der Waals surface area contributed by atoms with Gasteiger partial charge in [0.15, 0.2) is 0 Å². The normalized spacial score (nSPS) is 20.7. The van der Waals surface area contributed by atoms with Crippen molar-refractivity contribution in [2.24, 2.45) is 0 Å². The summed E-state index contributed by atoms with van der Waals surface area (Å²) in [4.78, 5) is 11.5. The third-order valence-electron chi connectivity index (χ3n) is 2.42. The summed E-state index contributed by atoms with van der Waals surface area (Å²) in [5, 5.41) is 6.12. The summed E-state index contributed by atoms with van der Waals surface area (Å²) in [6, 6.07) is 0.167. The van der Waals surface area contributed by atoms with E-state index >= 15 is 0 Å². The number of carbonyl (C=O) groups excluding carboxylic acids is 1. The van der Waals surface area contributed by atoms with E-state index in [-0.39, 0.29) is 11.9 Å². The molecule has 94 valence electrons. The van der Waals surface area contributed by atoms with Crippen molar-refractivity contribution in [2.45, 2.75) is 25.8 Å². The fourth-order valence-electron chi connectivity index (χ4n) is 1.59. The first-order chi connectivity index (χ1) is 7.83. The molecule has 0 aliphatic carbocycles. The molecule has 1 aliphatic rings. The largest absolute Gasteiger partial charge is 0.382 e. The lowest BCUT2D eigenvalue weighted by molar-refractivity contribution is -0.122. The molecule has 0 aromatic carbocycles. The second-order valence-corrected chi connectivity index (χ2v) is 3.83. The number of amides is 1. The van der Waals surface area contributed by atoms with Crippen LogP contribution in [-0.2, 0) is 14.3 Å². The lowest BCUT2D eigenvalue weighted by Gasteiger charge is -2.23. The van der Waals surface area contributed by atoms with Crippen LogP contribution in [0.2, 0.25) is 0 Å². The van der Waals surface area contributed by atoms with Gasteiger partial charge in [-0.15, -0.1) is 0 Å². The molecule has 1 saturated heterocycles. The maximum Gasteiger partial charge on any atom is 0.221 e. The Morgan fingerprint density at radius 3 is 3.19 bits per heavy atom. The van der Waals surface area contributed by atoms with Crippen LogP contribution in [0.3, 0.4) is 0 Å². The SMILES string of the molecule is CCOCCCNC(=O)CC1COCCN1. The van der Waals surface area contributed by atoms with Crippen LogP contribution in [0, 0.1) is 0 Å². The van der Waals surface area contributed by atoms with Crippen LogP contribution >= 0.6 is 0 Å². The average molecular weight is 230 g/mol. The van der Waals surface area contributed by atoms with Crippen molar-refractivity contribution in [3.05, 3.63) is 0 Å². The molecular weight excluding hydrogens is 208 g/mol. The van der Waals surface area contributed by atoms with Crippen LogP contribution in [0.1, 0.15) is 19.8 Å². The molecule has 0 aromatic heterocycles. The molecule has 0 spiro atoms. The minimum Gasteiger partial charge on any atom is -0.382 e. The fourth-order valence-corrected chi connectivity index (χ4v) is 1.59. The lowest BCUT2D eigenvalue weighted by atomic mass is 10.2. The van der Waals surface area contributed by atoms with E-state index < -0.39 is 0 Å². The van der Waals surface area contributed by atoms with Gasteiger partial charge in [-0.2, -0.15) is 0 Å². The Morgan fingerprint density at radius 1 is 1.62 bits per heavy atom. The summed E-state index contributed by atoms with van der Waals surface area (Å²) in [5.74, 6) is 0.0829. The highest BCUT2D eigenvalue weighted by molar-refractivity contribution is 5.76. The second kappa shape index (κ2) is 8.50. The van der Waals surface area contributed by atoms with Crippen LogP contribution in [0.4, 0.5) is 0 Å². The van der Waals surface area contributed by atoms with Gasteiger partial charge in [0.05, 0.1) is 13.2 Å². The zero-order chi connectivity index (χ0) is 11.6. The summed E-state index contributed by atoms with van der Waals surface area (Å²) < 4.78 is 10.5. The molecule has 1 amide bonds. The molecule has 16 heavy (non-hydrogen) atoms. The molecular formula is C11H22N2O3. The van der Waals surface area contributed by atoms with Crippen molar-refractivity contribution in [1.82, 2.24) is 10.6 Å². The van der Waals surface area contributed by atoms with Gasteiger partial charge in [0.2, 0.25) is 5.91 Å². The molecule has 5 nitrogen and oxygen atoms in total. The first kappa shape index (κ1) is 13.4. The molecule has 1 aliphatic heterocycles. The molecule has 1 fully saturated rings. The maximum atomic E-state index is 11.5. The van der Waals surface area contributed by atoms with E-state index in [9.17, 15) is 4.79 Å². The monoisotopic (exact) mass is 230 g/mol. The standard InChI is InChI=1S/C11H22N2O3/c1-2-15-6-3-4-13-11(14)8-10-9-16-7-5-12-10/h10,12H,2-9H2,1H3,(H,13,14). The number of morpholine rings is 1. The van der Waals surface area contributed by atoms with Crippen molar-refractivity contribution in [1.29, 1.82) is 0 Å². The minimum atomic E-state index is 0.0829. The summed E-state index contributed by atoms with van der Waals surface area (Å²) >= 11 is 0. The Morgan fingerprint density at radius 2 is 2.50 bits per heavy atom. The zero-order valence-corrected chi connectivity index (χ0v) is 9.96. The van der Waals surface area contributed by atoms with Gasteiger partial charge >= 0.3 is 0 Å². The van der Waals surface area contributed by atoms with Crippen LogP contribution in [-0.4, -0.2) is 51.5 Å². The van der Waals surface area contributed by atoms with Crippen LogP contribution in [0.15, 0.2) is 0 Å². The number of hydrogen-bond acceptors (Lipinski definition) is 4. The first-order valence-electron chi connectivity index (χ1n) is 5.98. The van der Waals surface area contributed by atoms with Crippen molar-refractivity contribution in [3.63, 3.8) is 0 Å². The highest BCUT2D eigenvalue weighted by Crippen LogP contribution is 1.98. The minimum absolute atomic E-state index is 0.0829. The molecule has 1 rings (SSSR count). The number of rotatable bonds is 7. The molecule has 0 bridgehead atoms. The summed E-state index contributed by atoms with van der Waals surface area (Å²) in [7, 11) is 0. The van der Waals surface area contributed by atoms with Gasteiger partial charge in [-0.25, -0.2) is 0 Å². The van der Waals surface area contributed by atoms with Gasteiger partial charge < -0.3 is 20.1 Å². The highest BCUT2D eigenvalue weighted by atomic mass is 16.5. The first-order valence-corrected chi connectivity index (χ1v) is 5.98. The van der Waals surface area contributed by atoms with Crippen molar-refractivity contribution in [2.75, 3.05) is 39.5 Å². The molecule has 2 N–H and O–H groups in total. The molecule has 5 heteroatoms. The fraction of sp³-hybridized carbons (Fsp3) is 0.909. The number of carbonyl (C=O) groups is 1. The van der Waals surface area contributed by atoms with E-state index in [0.717, 1.165) is 26.2 Å². The van der Waals surface area contributed by atoms with Crippen molar-refractivity contribution in [3.8, 4) is 0 Å². The van der Waals surface area contributed by atoms with Gasteiger partial charge in [-0.1, -0.05) is 0 Å². The lowest BCUT2D eigenvalue weighted by Crippen LogP contribution is -2.44. The summed E-state index contributed by atoms with van der Waals surface area (Å²) in [6.07, 6.45) is 1.36. The van der Waals surface area contributed by atoms with E-state index in [0.29, 0.717) is 26.2 Å². The third kappa shape index (κ3) is 6.05. The third-order valence-corrected chi connectivity index (χ3v) is 2.42. The van der Waals surface area contributed by atoms with E-state index in [1.807, 2.05) is 6.92 Å². The van der Waals surface area contributed by atoms with Gasteiger partial charge in [0.25, 0.3) is 0 Å². The molecule has 1 atom stereocenters.